The van der Waals surface area contributed by atoms with Gasteiger partial charge in [0.15, 0.2) is 0 Å². The van der Waals surface area contributed by atoms with Gasteiger partial charge in [0.25, 0.3) is 0 Å². The van der Waals surface area contributed by atoms with Gasteiger partial charge in [0.2, 0.25) is 11.8 Å². The van der Waals surface area contributed by atoms with E-state index in [9.17, 15) is 9.59 Å². The highest BCUT2D eigenvalue weighted by molar-refractivity contribution is 6.30. The zero-order chi connectivity index (χ0) is 16.7. The van der Waals surface area contributed by atoms with Crippen molar-refractivity contribution in [1.82, 2.24) is 10.2 Å². The second-order valence-corrected chi connectivity index (χ2v) is 7.92. The van der Waals surface area contributed by atoms with Crippen LogP contribution in [-0.2, 0) is 15.1 Å². The van der Waals surface area contributed by atoms with Gasteiger partial charge in [-0.2, -0.15) is 0 Å². The van der Waals surface area contributed by atoms with Crippen LogP contribution in [0.3, 0.4) is 0 Å². The molecule has 1 atom stereocenters. The molecular formula is C19H23ClN2O2. The fraction of sp³-hybridized carbons (Fsp3) is 0.579. The van der Waals surface area contributed by atoms with Crippen molar-refractivity contribution in [2.24, 2.45) is 11.8 Å². The summed E-state index contributed by atoms with van der Waals surface area (Å²) in [5.41, 5.74) is 0.843. The summed E-state index contributed by atoms with van der Waals surface area (Å²) < 4.78 is 0. The summed E-state index contributed by atoms with van der Waals surface area (Å²) in [6, 6.07) is 7.76. The zero-order valence-corrected chi connectivity index (χ0v) is 14.5. The molecule has 4 nitrogen and oxygen atoms in total. The number of amides is 2. The van der Waals surface area contributed by atoms with E-state index in [1.807, 2.05) is 29.2 Å². The first kappa shape index (κ1) is 15.9. The number of piperidine rings is 1. The third-order valence-corrected chi connectivity index (χ3v) is 5.76. The van der Waals surface area contributed by atoms with Gasteiger partial charge in [0.05, 0.1) is 11.5 Å². The summed E-state index contributed by atoms with van der Waals surface area (Å²) in [5, 5.41) is 3.95. The molecule has 1 aromatic rings. The highest BCUT2D eigenvalue weighted by atomic mass is 35.5. The van der Waals surface area contributed by atoms with E-state index in [1.165, 1.54) is 0 Å². The molecule has 24 heavy (non-hydrogen) atoms. The number of hydrogen-bond donors (Lipinski definition) is 1. The van der Waals surface area contributed by atoms with Crippen LogP contribution in [-0.4, -0.2) is 29.8 Å². The van der Waals surface area contributed by atoms with Gasteiger partial charge in [-0.1, -0.05) is 23.7 Å². The quantitative estimate of drug-likeness (QED) is 0.910. The van der Waals surface area contributed by atoms with E-state index in [0.29, 0.717) is 11.6 Å². The van der Waals surface area contributed by atoms with E-state index in [-0.39, 0.29) is 29.2 Å². The first-order chi connectivity index (χ1) is 11.6. The molecule has 1 aromatic carbocycles. The molecule has 0 radical (unpaired) electrons. The standard InChI is InChI=1S/C19H23ClN2O2/c20-16-5-1-4-15(11-16)19(8-9-19)21-17(23)14-3-2-10-22(12-14)18(24)13-6-7-13/h1,4-5,11,13-14H,2-3,6-10,12H2,(H,21,23). The molecule has 2 amide bonds. The predicted molar refractivity (Wildman–Crippen MR) is 92.5 cm³/mol. The highest BCUT2D eigenvalue weighted by Crippen LogP contribution is 2.46. The summed E-state index contributed by atoms with van der Waals surface area (Å²) in [6.45, 7) is 1.38. The van der Waals surface area contributed by atoms with Crippen LogP contribution in [0.15, 0.2) is 24.3 Å². The van der Waals surface area contributed by atoms with E-state index >= 15 is 0 Å². The fourth-order valence-corrected chi connectivity index (χ4v) is 3.90. The zero-order valence-electron chi connectivity index (χ0n) is 13.8. The van der Waals surface area contributed by atoms with E-state index in [4.69, 9.17) is 11.6 Å². The minimum atomic E-state index is -0.245. The number of carbonyl (C=O) groups excluding carboxylic acids is 2. The molecule has 1 N–H and O–H groups in total. The minimum absolute atomic E-state index is 0.0840. The van der Waals surface area contributed by atoms with E-state index in [0.717, 1.165) is 50.6 Å². The van der Waals surface area contributed by atoms with Gasteiger partial charge >= 0.3 is 0 Å². The number of halogens is 1. The van der Waals surface area contributed by atoms with Gasteiger partial charge in [0.1, 0.15) is 0 Å². The van der Waals surface area contributed by atoms with E-state index in [1.54, 1.807) is 0 Å². The Kier molecular flexibility index (Phi) is 4.03. The Bertz CT molecular complexity index is 667. The van der Waals surface area contributed by atoms with Gasteiger partial charge in [-0.15, -0.1) is 0 Å². The summed E-state index contributed by atoms with van der Waals surface area (Å²) >= 11 is 6.10. The molecule has 3 aliphatic rings. The van der Waals surface area contributed by atoms with Crippen molar-refractivity contribution in [3.05, 3.63) is 34.9 Å². The Morgan fingerprint density at radius 2 is 1.96 bits per heavy atom. The lowest BCUT2D eigenvalue weighted by atomic mass is 9.95. The average Bonchev–Trinajstić information content (AvgIpc) is 3.49. The average molecular weight is 347 g/mol. The lowest BCUT2D eigenvalue weighted by molar-refractivity contribution is -0.137. The van der Waals surface area contributed by atoms with Crippen LogP contribution in [0, 0.1) is 11.8 Å². The van der Waals surface area contributed by atoms with Crippen molar-refractivity contribution >= 4 is 23.4 Å². The molecule has 1 heterocycles. The first-order valence-corrected chi connectivity index (χ1v) is 9.32. The summed E-state index contributed by atoms with van der Waals surface area (Å²) in [5.74, 6) is 0.482. The van der Waals surface area contributed by atoms with Crippen LogP contribution in [0.5, 0.6) is 0 Å². The number of carbonyl (C=O) groups is 2. The van der Waals surface area contributed by atoms with Gasteiger partial charge in [0, 0.05) is 24.0 Å². The normalized spacial score (nSPS) is 25.2. The molecule has 4 rings (SSSR count). The molecule has 1 unspecified atom stereocenters. The molecule has 0 aromatic heterocycles. The molecule has 1 aliphatic heterocycles. The molecule has 0 bridgehead atoms. The number of nitrogens with zero attached hydrogens (tertiary/aromatic N) is 1. The third kappa shape index (κ3) is 3.16. The van der Waals surface area contributed by atoms with Crippen LogP contribution < -0.4 is 5.32 Å². The predicted octanol–water partition coefficient (Wildman–Crippen LogP) is 3.09. The Hall–Kier alpha value is -1.55. The van der Waals surface area contributed by atoms with Crippen LogP contribution in [0.25, 0.3) is 0 Å². The topological polar surface area (TPSA) is 49.4 Å². The molecular weight excluding hydrogens is 324 g/mol. The van der Waals surface area contributed by atoms with Crippen molar-refractivity contribution in [1.29, 1.82) is 0 Å². The maximum absolute atomic E-state index is 12.8. The second kappa shape index (κ2) is 6.07. The lowest BCUT2D eigenvalue weighted by Crippen LogP contribution is -2.48. The molecule has 128 valence electrons. The van der Waals surface area contributed by atoms with E-state index in [2.05, 4.69) is 5.32 Å². The first-order valence-electron chi connectivity index (χ1n) is 8.94. The van der Waals surface area contributed by atoms with Crippen LogP contribution in [0.2, 0.25) is 5.02 Å². The minimum Gasteiger partial charge on any atom is -0.346 e. The number of likely N-dealkylation sites (tertiary alicyclic amines) is 1. The Labute approximate surface area is 147 Å². The molecule has 1 saturated heterocycles. The maximum Gasteiger partial charge on any atom is 0.225 e. The molecule has 2 saturated carbocycles. The largest absolute Gasteiger partial charge is 0.346 e. The SMILES string of the molecule is O=C(NC1(c2cccc(Cl)c2)CC1)C1CCCN(C(=O)C2CC2)C1. The second-order valence-electron chi connectivity index (χ2n) is 7.48. The van der Waals surface area contributed by atoms with Gasteiger partial charge in [-0.05, 0) is 56.2 Å². The number of nitrogens with one attached hydrogen (secondary N) is 1. The molecule has 3 fully saturated rings. The van der Waals surface area contributed by atoms with Crippen LogP contribution >= 0.6 is 11.6 Å². The maximum atomic E-state index is 12.8. The van der Waals surface area contributed by atoms with Crippen LogP contribution in [0.1, 0.15) is 44.1 Å². The van der Waals surface area contributed by atoms with Crippen molar-refractivity contribution < 1.29 is 9.59 Å². The summed E-state index contributed by atoms with van der Waals surface area (Å²) in [6.07, 6.45) is 5.73. The van der Waals surface area contributed by atoms with Crippen molar-refractivity contribution in [3.63, 3.8) is 0 Å². The number of hydrogen-bond acceptors (Lipinski definition) is 2. The monoisotopic (exact) mass is 346 g/mol. The molecule has 2 aliphatic carbocycles. The smallest absolute Gasteiger partial charge is 0.225 e. The summed E-state index contributed by atoms with van der Waals surface area (Å²) in [4.78, 5) is 27.0. The lowest BCUT2D eigenvalue weighted by Gasteiger charge is -2.33. The Morgan fingerprint density at radius 3 is 2.62 bits per heavy atom. The van der Waals surface area contributed by atoms with Gasteiger partial charge in [-0.25, -0.2) is 0 Å². The fourth-order valence-electron chi connectivity index (χ4n) is 3.71. The van der Waals surface area contributed by atoms with Crippen LogP contribution in [0.4, 0.5) is 0 Å². The van der Waals surface area contributed by atoms with Gasteiger partial charge < -0.3 is 10.2 Å². The summed E-state index contributed by atoms with van der Waals surface area (Å²) in [7, 11) is 0. The Balaban J connectivity index is 1.41. The van der Waals surface area contributed by atoms with Gasteiger partial charge in [-0.3, -0.25) is 9.59 Å². The van der Waals surface area contributed by atoms with Crippen molar-refractivity contribution in [3.8, 4) is 0 Å². The Morgan fingerprint density at radius 1 is 1.17 bits per heavy atom. The highest BCUT2D eigenvalue weighted by Gasteiger charge is 2.47. The van der Waals surface area contributed by atoms with Crippen molar-refractivity contribution in [2.45, 2.75) is 44.1 Å². The van der Waals surface area contributed by atoms with E-state index < -0.39 is 0 Å². The number of benzene rings is 1. The molecule has 5 heteroatoms. The molecule has 0 spiro atoms. The third-order valence-electron chi connectivity index (χ3n) is 5.52. The number of rotatable bonds is 4. The van der Waals surface area contributed by atoms with Crippen molar-refractivity contribution in [2.75, 3.05) is 13.1 Å².